The molecular weight excluding hydrogens is 413 g/mol. The molecule has 1 aliphatic rings. The fourth-order valence-corrected chi connectivity index (χ4v) is 2.81. The summed E-state index contributed by atoms with van der Waals surface area (Å²) in [6.07, 6.45) is -3.51. The minimum absolute atomic E-state index is 0.264. The molecule has 2 aromatic rings. The van der Waals surface area contributed by atoms with Crippen LogP contribution in [-0.4, -0.2) is 25.0 Å². The molecule has 29 heavy (non-hydrogen) atoms. The lowest BCUT2D eigenvalue weighted by Crippen LogP contribution is -2.54. The number of urea groups is 1. The summed E-state index contributed by atoms with van der Waals surface area (Å²) in [5.41, 5.74) is -1.59. The SMILES string of the molecule is COc1ccc(/C=C2/C(=O)NC(=O)N(c3cc(C(F)(F)F)ccc3Cl)C2=O)cc1. The molecule has 0 aromatic heterocycles. The number of hydrogen-bond donors (Lipinski definition) is 1. The van der Waals surface area contributed by atoms with Gasteiger partial charge in [0, 0.05) is 0 Å². The first-order chi connectivity index (χ1) is 13.6. The van der Waals surface area contributed by atoms with Crippen molar-refractivity contribution < 1.29 is 32.3 Å². The van der Waals surface area contributed by atoms with Gasteiger partial charge in [-0.3, -0.25) is 14.9 Å². The number of benzene rings is 2. The van der Waals surface area contributed by atoms with Gasteiger partial charge in [0.25, 0.3) is 11.8 Å². The van der Waals surface area contributed by atoms with Gasteiger partial charge in [-0.2, -0.15) is 13.2 Å². The summed E-state index contributed by atoms with van der Waals surface area (Å²) in [4.78, 5) is 37.5. The minimum Gasteiger partial charge on any atom is -0.497 e. The number of carbonyl (C=O) groups excluding carboxylic acids is 3. The van der Waals surface area contributed by atoms with E-state index in [0.717, 1.165) is 12.1 Å². The molecule has 6 nitrogen and oxygen atoms in total. The maximum Gasteiger partial charge on any atom is 0.416 e. The highest BCUT2D eigenvalue weighted by molar-refractivity contribution is 6.42. The Bertz CT molecular complexity index is 1030. The Morgan fingerprint density at radius 3 is 2.31 bits per heavy atom. The molecule has 1 fully saturated rings. The zero-order valence-electron chi connectivity index (χ0n) is 14.7. The summed E-state index contributed by atoms with van der Waals surface area (Å²) >= 11 is 5.93. The molecule has 0 saturated carbocycles. The molecule has 0 bridgehead atoms. The van der Waals surface area contributed by atoms with Gasteiger partial charge < -0.3 is 4.74 Å². The predicted molar refractivity (Wildman–Crippen MR) is 98.4 cm³/mol. The van der Waals surface area contributed by atoms with Gasteiger partial charge in [0.15, 0.2) is 0 Å². The van der Waals surface area contributed by atoms with Crippen LogP contribution in [0.4, 0.5) is 23.7 Å². The summed E-state index contributed by atoms with van der Waals surface area (Å²) in [7, 11) is 1.47. The van der Waals surface area contributed by atoms with Crippen LogP contribution in [0.2, 0.25) is 5.02 Å². The first-order valence-corrected chi connectivity index (χ1v) is 8.42. The van der Waals surface area contributed by atoms with Crippen molar-refractivity contribution in [2.75, 3.05) is 12.0 Å². The van der Waals surface area contributed by atoms with Crippen LogP contribution in [0.15, 0.2) is 48.0 Å². The van der Waals surface area contributed by atoms with Gasteiger partial charge in [-0.15, -0.1) is 0 Å². The fourth-order valence-electron chi connectivity index (χ4n) is 2.60. The average molecular weight is 425 g/mol. The van der Waals surface area contributed by atoms with Crippen molar-refractivity contribution >= 4 is 41.2 Å². The molecule has 0 radical (unpaired) electrons. The van der Waals surface area contributed by atoms with E-state index in [4.69, 9.17) is 16.3 Å². The van der Waals surface area contributed by atoms with E-state index in [1.807, 2.05) is 5.32 Å². The molecule has 1 saturated heterocycles. The van der Waals surface area contributed by atoms with Gasteiger partial charge >= 0.3 is 12.2 Å². The second kappa shape index (κ2) is 7.59. The number of amides is 4. The van der Waals surface area contributed by atoms with Crippen molar-refractivity contribution in [3.05, 3.63) is 64.2 Å². The van der Waals surface area contributed by atoms with Crippen molar-refractivity contribution in [1.82, 2.24) is 5.32 Å². The molecule has 0 unspecified atom stereocenters. The standard InChI is InChI=1S/C19H12ClF3N2O4/c1-29-12-5-2-10(3-6-12)8-13-16(26)24-18(28)25(17(13)27)15-9-11(19(21,22)23)4-7-14(15)20/h2-9H,1H3,(H,24,26,28)/b13-8-. The second-order valence-corrected chi connectivity index (χ2v) is 6.30. The number of halogens is 4. The highest BCUT2D eigenvalue weighted by Crippen LogP contribution is 2.36. The Balaban J connectivity index is 2.04. The third-order valence-corrected chi connectivity index (χ3v) is 4.36. The van der Waals surface area contributed by atoms with E-state index in [1.54, 1.807) is 24.3 Å². The number of hydrogen-bond acceptors (Lipinski definition) is 4. The largest absolute Gasteiger partial charge is 0.497 e. The smallest absolute Gasteiger partial charge is 0.416 e. The summed E-state index contributed by atoms with van der Waals surface area (Å²) in [6.45, 7) is 0. The molecular formula is C19H12ClF3N2O4. The molecule has 1 aliphatic heterocycles. The van der Waals surface area contributed by atoms with Gasteiger partial charge in [0.05, 0.1) is 23.4 Å². The van der Waals surface area contributed by atoms with E-state index in [-0.39, 0.29) is 5.02 Å². The Morgan fingerprint density at radius 2 is 1.72 bits per heavy atom. The number of rotatable bonds is 3. The number of barbiturate groups is 1. The van der Waals surface area contributed by atoms with E-state index in [0.29, 0.717) is 22.3 Å². The van der Waals surface area contributed by atoms with Gasteiger partial charge in [-0.25, -0.2) is 9.69 Å². The monoisotopic (exact) mass is 424 g/mol. The highest BCUT2D eigenvalue weighted by Gasteiger charge is 2.39. The molecule has 0 aliphatic carbocycles. The van der Waals surface area contributed by atoms with Crippen molar-refractivity contribution in [3.63, 3.8) is 0 Å². The Hall–Kier alpha value is -3.33. The molecule has 10 heteroatoms. The van der Waals surface area contributed by atoms with E-state index in [2.05, 4.69) is 0 Å². The van der Waals surface area contributed by atoms with Crippen LogP contribution in [0.5, 0.6) is 5.75 Å². The average Bonchev–Trinajstić information content (AvgIpc) is 2.66. The van der Waals surface area contributed by atoms with Crippen molar-refractivity contribution in [2.45, 2.75) is 6.18 Å². The molecule has 4 amide bonds. The third kappa shape index (κ3) is 4.09. The predicted octanol–water partition coefficient (Wildman–Crippen LogP) is 4.03. The van der Waals surface area contributed by atoms with Gasteiger partial charge in [0.1, 0.15) is 11.3 Å². The molecule has 1 N–H and O–H groups in total. The summed E-state index contributed by atoms with van der Waals surface area (Å²) in [5.74, 6) is -1.54. The van der Waals surface area contributed by atoms with Crippen LogP contribution in [-0.2, 0) is 15.8 Å². The lowest BCUT2D eigenvalue weighted by Gasteiger charge is -2.27. The second-order valence-electron chi connectivity index (χ2n) is 5.89. The Morgan fingerprint density at radius 1 is 1.07 bits per heavy atom. The number of nitrogens with zero attached hydrogens (tertiary/aromatic N) is 1. The molecule has 2 aromatic carbocycles. The zero-order chi connectivity index (χ0) is 21.3. The Kier molecular flexibility index (Phi) is 5.34. The van der Waals surface area contributed by atoms with Crippen molar-refractivity contribution in [1.29, 1.82) is 0 Å². The lowest BCUT2D eigenvalue weighted by molar-refractivity contribution is -0.137. The number of nitrogens with one attached hydrogen (secondary N) is 1. The number of imide groups is 2. The van der Waals surface area contributed by atoms with E-state index in [1.165, 1.54) is 13.2 Å². The number of anilines is 1. The summed E-state index contributed by atoms with van der Waals surface area (Å²) in [6, 6.07) is 7.30. The molecule has 150 valence electrons. The van der Waals surface area contributed by atoms with E-state index < -0.39 is 40.8 Å². The topological polar surface area (TPSA) is 75.7 Å². The maximum absolute atomic E-state index is 13.0. The van der Waals surface area contributed by atoms with Crippen LogP contribution in [0.1, 0.15) is 11.1 Å². The van der Waals surface area contributed by atoms with Crippen molar-refractivity contribution in [3.8, 4) is 5.75 Å². The fraction of sp³-hybridized carbons (Fsp3) is 0.105. The van der Waals surface area contributed by atoms with E-state index >= 15 is 0 Å². The highest BCUT2D eigenvalue weighted by atomic mass is 35.5. The molecule has 0 atom stereocenters. The first kappa shape index (κ1) is 20.4. The van der Waals surface area contributed by atoms with Crippen LogP contribution in [0.25, 0.3) is 6.08 Å². The van der Waals surface area contributed by atoms with Crippen LogP contribution in [0.3, 0.4) is 0 Å². The zero-order valence-corrected chi connectivity index (χ0v) is 15.5. The molecule has 0 spiro atoms. The minimum atomic E-state index is -4.72. The van der Waals surface area contributed by atoms with Crippen molar-refractivity contribution in [2.24, 2.45) is 0 Å². The number of alkyl halides is 3. The number of ether oxygens (including phenoxy) is 1. The van der Waals surface area contributed by atoms with Crippen LogP contribution < -0.4 is 15.0 Å². The van der Waals surface area contributed by atoms with Gasteiger partial charge in [0.2, 0.25) is 0 Å². The van der Waals surface area contributed by atoms with Crippen LogP contribution in [0, 0.1) is 0 Å². The van der Waals surface area contributed by atoms with Crippen LogP contribution >= 0.6 is 11.6 Å². The van der Waals surface area contributed by atoms with E-state index in [9.17, 15) is 27.6 Å². The number of carbonyl (C=O) groups is 3. The Labute approximate surface area is 167 Å². The first-order valence-electron chi connectivity index (χ1n) is 8.04. The van der Waals surface area contributed by atoms with Gasteiger partial charge in [-0.05, 0) is 42.0 Å². The molecule has 1 heterocycles. The maximum atomic E-state index is 13.0. The molecule has 3 rings (SSSR count). The lowest BCUT2D eigenvalue weighted by atomic mass is 10.1. The quantitative estimate of drug-likeness (QED) is 0.596. The van der Waals surface area contributed by atoms with Gasteiger partial charge in [-0.1, -0.05) is 23.7 Å². The number of methoxy groups -OCH3 is 1. The summed E-state index contributed by atoms with van der Waals surface area (Å²) < 4.78 is 44.1. The summed E-state index contributed by atoms with van der Waals surface area (Å²) in [5, 5.41) is 1.67. The normalized spacial score (nSPS) is 16.2. The third-order valence-electron chi connectivity index (χ3n) is 4.04.